The largest absolute Gasteiger partial charge is 0.481 e. The molecule has 2 N–H and O–H groups in total. The van der Waals surface area contributed by atoms with E-state index in [1.165, 1.54) is 0 Å². The van der Waals surface area contributed by atoms with Gasteiger partial charge in [-0.05, 0) is 47.0 Å². The number of hydrogen-bond acceptors (Lipinski definition) is 5. The highest BCUT2D eigenvalue weighted by atomic mass is 79.9. The van der Waals surface area contributed by atoms with E-state index < -0.39 is 24.5 Å². The lowest BCUT2D eigenvalue weighted by molar-refractivity contribution is -0.150. The van der Waals surface area contributed by atoms with Crippen LogP contribution in [0.15, 0.2) is 22.7 Å². The highest BCUT2D eigenvalue weighted by molar-refractivity contribution is 9.10. The number of benzene rings is 1. The first-order valence-corrected chi connectivity index (χ1v) is 8.95. The van der Waals surface area contributed by atoms with Gasteiger partial charge in [0.2, 0.25) is 0 Å². The van der Waals surface area contributed by atoms with Crippen molar-refractivity contribution < 1.29 is 23.9 Å². The summed E-state index contributed by atoms with van der Waals surface area (Å²) in [5.74, 6) is -1.01. The molecule has 9 heteroatoms. The van der Waals surface area contributed by atoms with Gasteiger partial charge in [0.25, 0.3) is 5.91 Å². The SMILES string of the molecule is O=C(COC(=O)COc1ccc(Cl)cc1Br)NC(=O)NC1CCCC1. The second-order valence-corrected chi connectivity index (χ2v) is 6.82. The van der Waals surface area contributed by atoms with Crippen molar-refractivity contribution in [2.45, 2.75) is 31.7 Å². The summed E-state index contributed by atoms with van der Waals surface area (Å²) < 4.78 is 10.6. The smallest absolute Gasteiger partial charge is 0.344 e. The summed E-state index contributed by atoms with van der Waals surface area (Å²) in [5, 5.41) is 5.35. The fourth-order valence-corrected chi connectivity index (χ4v) is 3.17. The minimum absolute atomic E-state index is 0.0987. The number of carbonyl (C=O) groups excluding carboxylic acids is 3. The maximum absolute atomic E-state index is 11.6. The lowest BCUT2D eigenvalue weighted by Crippen LogP contribution is -2.45. The van der Waals surface area contributed by atoms with E-state index in [0.29, 0.717) is 15.2 Å². The molecule has 0 atom stereocenters. The third-order valence-electron chi connectivity index (χ3n) is 3.55. The van der Waals surface area contributed by atoms with Gasteiger partial charge in [-0.2, -0.15) is 0 Å². The highest BCUT2D eigenvalue weighted by Gasteiger charge is 2.18. The Morgan fingerprint density at radius 2 is 1.92 bits per heavy atom. The number of hydrogen-bond donors (Lipinski definition) is 2. The van der Waals surface area contributed by atoms with Crippen LogP contribution in [0.4, 0.5) is 4.79 Å². The first-order valence-electron chi connectivity index (χ1n) is 7.78. The van der Waals surface area contributed by atoms with Crippen molar-refractivity contribution in [1.29, 1.82) is 0 Å². The molecule has 1 aliphatic rings. The lowest BCUT2D eigenvalue weighted by atomic mass is 10.2. The second kappa shape index (κ2) is 9.62. The van der Waals surface area contributed by atoms with Crippen LogP contribution < -0.4 is 15.4 Å². The molecule has 0 saturated heterocycles. The van der Waals surface area contributed by atoms with Gasteiger partial charge < -0.3 is 14.8 Å². The molecule has 2 rings (SSSR count). The van der Waals surface area contributed by atoms with Crippen molar-refractivity contribution in [3.8, 4) is 5.75 Å². The summed E-state index contributed by atoms with van der Waals surface area (Å²) in [4.78, 5) is 34.8. The fraction of sp³-hybridized carbons (Fsp3) is 0.438. The molecule has 1 aromatic carbocycles. The monoisotopic (exact) mass is 432 g/mol. The van der Waals surface area contributed by atoms with Gasteiger partial charge in [-0.15, -0.1) is 0 Å². The maximum atomic E-state index is 11.6. The molecule has 0 spiro atoms. The zero-order valence-corrected chi connectivity index (χ0v) is 15.7. The Balaban J connectivity index is 1.65. The number of amides is 3. The fourth-order valence-electron chi connectivity index (χ4n) is 2.37. The summed E-state index contributed by atoms with van der Waals surface area (Å²) in [6.45, 7) is -0.927. The molecule has 0 heterocycles. The minimum Gasteiger partial charge on any atom is -0.481 e. The average Bonchev–Trinajstić information content (AvgIpc) is 3.04. The Morgan fingerprint density at radius 3 is 2.60 bits per heavy atom. The van der Waals surface area contributed by atoms with Crippen LogP contribution in [0.2, 0.25) is 5.02 Å². The molecule has 0 aliphatic heterocycles. The molecule has 7 nitrogen and oxygen atoms in total. The Hall–Kier alpha value is -1.80. The number of nitrogens with one attached hydrogen (secondary N) is 2. The zero-order chi connectivity index (χ0) is 18.2. The van der Waals surface area contributed by atoms with Crippen molar-refractivity contribution in [1.82, 2.24) is 10.6 Å². The number of carbonyl (C=O) groups is 3. The molecular weight excluding hydrogens is 416 g/mol. The summed E-state index contributed by atoms with van der Waals surface area (Å²) in [6, 6.07) is 4.36. The van der Waals surface area contributed by atoms with Gasteiger partial charge in [0.1, 0.15) is 5.75 Å². The van der Waals surface area contributed by atoms with E-state index in [1.54, 1.807) is 18.2 Å². The first-order chi connectivity index (χ1) is 11.9. The Kier molecular flexibility index (Phi) is 7.52. The molecule has 1 aliphatic carbocycles. The summed E-state index contributed by atoms with van der Waals surface area (Å²) >= 11 is 9.06. The van der Waals surface area contributed by atoms with Crippen molar-refractivity contribution >= 4 is 45.4 Å². The van der Waals surface area contributed by atoms with E-state index in [1.807, 2.05) is 0 Å². The summed E-state index contributed by atoms with van der Waals surface area (Å²) in [6.07, 6.45) is 3.96. The van der Waals surface area contributed by atoms with E-state index in [2.05, 4.69) is 26.6 Å². The number of imide groups is 1. The topological polar surface area (TPSA) is 93.7 Å². The van der Waals surface area contributed by atoms with Gasteiger partial charge in [-0.3, -0.25) is 10.1 Å². The maximum Gasteiger partial charge on any atom is 0.344 e. The second-order valence-electron chi connectivity index (χ2n) is 5.53. The molecule has 0 aromatic heterocycles. The van der Waals surface area contributed by atoms with Gasteiger partial charge in [0, 0.05) is 11.1 Å². The molecule has 3 amide bonds. The number of esters is 1. The number of rotatable bonds is 6. The van der Waals surface area contributed by atoms with Crippen molar-refractivity contribution in [3.05, 3.63) is 27.7 Å². The van der Waals surface area contributed by atoms with Crippen molar-refractivity contribution in [3.63, 3.8) is 0 Å². The lowest BCUT2D eigenvalue weighted by Gasteiger charge is -2.12. The van der Waals surface area contributed by atoms with E-state index >= 15 is 0 Å². The summed E-state index contributed by atoms with van der Waals surface area (Å²) in [5.41, 5.74) is 0. The van der Waals surface area contributed by atoms with Gasteiger partial charge in [-0.25, -0.2) is 9.59 Å². The zero-order valence-electron chi connectivity index (χ0n) is 13.3. The minimum atomic E-state index is -0.729. The predicted octanol–water partition coefficient (Wildman–Crippen LogP) is 2.79. The van der Waals surface area contributed by atoms with Gasteiger partial charge in [-0.1, -0.05) is 24.4 Å². The molecule has 0 unspecified atom stereocenters. The van der Waals surface area contributed by atoms with Crippen LogP contribution >= 0.6 is 27.5 Å². The van der Waals surface area contributed by atoms with E-state index in [4.69, 9.17) is 21.1 Å². The number of urea groups is 1. The molecule has 136 valence electrons. The Bertz CT molecular complexity index is 649. The van der Waals surface area contributed by atoms with Gasteiger partial charge in [0.15, 0.2) is 13.2 Å². The van der Waals surface area contributed by atoms with E-state index in [9.17, 15) is 14.4 Å². The van der Waals surface area contributed by atoms with Crippen LogP contribution in [-0.4, -0.2) is 37.2 Å². The van der Waals surface area contributed by atoms with Gasteiger partial charge >= 0.3 is 12.0 Å². The predicted molar refractivity (Wildman–Crippen MR) is 94.5 cm³/mol. The third-order valence-corrected chi connectivity index (χ3v) is 4.40. The van der Waals surface area contributed by atoms with Crippen LogP contribution in [0.3, 0.4) is 0 Å². The Labute approximate surface area is 158 Å². The summed E-state index contributed by atoms with van der Waals surface area (Å²) in [7, 11) is 0. The molecule has 0 radical (unpaired) electrons. The molecule has 25 heavy (non-hydrogen) atoms. The quantitative estimate of drug-likeness (QED) is 0.673. The van der Waals surface area contributed by atoms with Crippen LogP contribution in [0, 0.1) is 0 Å². The molecule has 0 bridgehead atoms. The average molecular weight is 434 g/mol. The van der Waals surface area contributed by atoms with Crippen LogP contribution in [0.1, 0.15) is 25.7 Å². The normalized spacial score (nSPS) is 14.0. The standard InChI is InChI=1S/C16H18BrClN2O5/c17-12-7-10(18)5-6-13(12)24-9-15(22)25-8-14(21)20-16(23)19-11-3-1-2-4-11/h5-7,11H,1-4,8-9H2,(H2,19,20,21,23). The van der Waals surface area contributed by atoms with Crippen LogP contribution in [-0.2, 0) is 14.3 Å². The molecule has 1 aromatic rings. The van der Waals surface area contributed by atoms with Crippen LogP contribution in [0.25, 0.3) is 0 Å². The van der Waals surface area contributed by atoms with E-state index in [-0.39, 0.29) is 12.6 Å². The first kappa shape index (κ1) is 19.5. The highest BCUT2D eigenvalue weighted by Crippen LogP contribution is 2.27. The van der Waals surface area contributed by atoms with E-state index in [0.717, 1.165) is 25.7 Å². The number of halogens is 2. The van der Waals surface area contributed by atoms with Crippen molar-refractivity contribution in [2.24, 2.45) is 0 Å². The van der Waals surface area contributed by atoms with Crippen molar-refractivity contribution in [2.75, 3.05) is 13.2 Å². The van der Waals surface area contributed by atoms with Gasteiger partial charge in [0.05, 0.1) is 4.47 Å². The number of ether oxygens (including phenoxy) is 2. The Morgan fingerprint density at radius 1 is 1.20 bits per heavy atom. The molecular formula is C16H18BrClN2O5. The molecule has 1 fully saturated rings. The third kappa shape index (κ3) is 6.91. The van der Waals surface area contributed by atoms with Crippen LogP contribution in [0.5, 0.6) is 5.75 Å². The molecule has 1 saturated carbocycles.